The minimum atomic E-state index is -0.0695. The summed E-state index contributed by atoms with van der Waals surface area (Å²) in [6, 6.07) is 8.95. The van der Waals surface area contributed by atoms with E-state index in [1.165, 1.54) is 17.5 Å². The van der Waals surface area contributed by atoms with Crippen LogP contribution in [0.2, 0.25) is 0 Å². The molecule has 0 radical (unpaired) electrons. The number of aryl methyl sites for hydroxylation is 1. The second-order valence-electron chi connectivity index (χ2n) is 5.14. The zero-order chi connectivity index (χ0) is 11.5. The first-order chi connectivity index (χ1) is 7.70. The van der Waals surface area contributed by atoms with Crippen LogP contribution in [0.4, 0.5) is 0 Å². The van der Waals surface area contributed by atoms with E-state index in [4.69, 9.17) is 0 Å². The molecule has 0 bridgehead atoms. The molecule has 3 atom stereocenters. The van der Waals surface area contributed by atoms with Gasteiger partial charge in [0.15, 0.2) is 0 Å². The lowest BCUT2D eigenvalue weighted by Crippen LogP contribution is -2.16. The monoisotopic (exact) mass is 218 g/mol. The van der Waals surface area contributed by atoms with Crippen LogP contribution in [0, 0.1) is 11.8 Å². The summed E-state index contributed by atoms with van der Waals surface area (Å²) in [5.41, 5.74) is 2.83. The SMILES string of the molecule is CCc1ccc(CC2CCC(O)C2C)cc1. The van der Waals surface area contributed by atoms with Crippen LogP contribution >= 0.6 is 0 Å². The summed E-state index contributed by atoms with van der Waals surface area (Å²) < 4.78 is 0. The highest BCUT2D eigenvalue weighted by Gasteiger charge is 2.30. The average molecular weight is 218 g/mol. The van der Waals surface area contributed by atoms with Gasteiger partial charge in [0.2, 0.25) is 0 Å². The maximum Gasteiger partial charge on any atom is 0.0568 e. The van der Waals surface area contributed by atoms with Gasteiger partial charge in [0.25, 0.3) is 0 Å². The Morgan fingerprint density at radius 3 is 2.25 bits per heavy atom. The maximum absolute atomic E-state index is 9.73. The van der Waals surface area contributed by atoms with Crippen LogP contribution < -0.4 is 0 Å². The maximum atomic E-state index is 9.73. The molecule has 1 aromatic rings. The summed E-state index contributed by atoms with van der Waals surface area (Å²) in [6.45, 7) is 4.37. The van der Waals surface area contributed by atoms with Crippen LogP contribution in [-0.4, -0.2) is 11.2 Å². The molecular formula is C15H22O. The number of benzene rings is 1. The second-order valence-corrected chi connectivity index (χ2v) is 5.14. The first kappa shape index (κ1) is 11.7. The number of hydrogen-bond donors (Lipinski definition) is 1. The third-order valence-corrected chi connectivity index (χ3v) is 4.11. The Morgan fingerprint density at radius 2 is 1.75 bits per heavy atom. The van der Waals surface area contributed by atoms with Gasteiger partial charge in [-0.1, -0.05) is 38.1 Å². The van der Waals surface area contributed by atoms with Crippen molar-refractivity contribution in [2.45, 2.75) is 45.6 Å². The number of hydrogen-bond acceptors (Lipinski definition) is 1. The Morgan fingerprint density at radius 1 is 1.12 bits per heavy atom. The molecule has 16 heavy (non-hydrogen) atoms. The minimum absolute atomic E-state index is 0.0695. The third kappa shape index (κ3) is 2.46. The number of aliphatic hydroxyl groups excluding tert-OH is 1. The first-order valence-corrected chi connectivity index (χ1v) is 6.46. The van der Waals surface area contributed by atoms with E-state index in [1.54, 1.807) is 0 Å². The zero-order valence-electron chi connectivity index (χ0n) is 10.3. The van der Waals surface area contributed by atoms with Gasteiger partial charge in [0.05, 0.1) is 6.10 Å². The van der Waals surface area contributed by atoms with Gasteiger partial charge < -0.3 is 5.11 Å². The Kier molecular flexibility index (Phi) is 3.65. The summed E-state index contributed by atoms with van der Waals surface area (Å²) in [5.74, 6) is 1.13. The van der Waals surface area contributed by atoms with Crippen LogP contribution in [0.1, 0.15) is 37.8 Å². The molecule has 1 fully saturated rings. The van der Waals surface area contributed by atoms with Gasteiger partial charge in [-0.3, -0.25) is 0 Å². The molecule has 3 unspecified atom stereocenters. The molecule has 1 saturated carbocycles. The molecule has 1 aliphatic carbocycles. The van der Waals surface area contributed by atoms with E-state index < -0.39 is 0 Å². The molecule has 1 nitrogen and oxygen atoms in total. The topological polar surface area (TPSA) is 20.2 Å². The molecular weight excluding hydrogens is 196 g/mol. The molecule has 0 spiro atoms. The Bertz CT molecular complexity index is 328. The molecule has 0 aromatic heterocycles. The van der Waals surface area contributed by atoms with Gasteiger partial charge in [0.1, 0.15) is 0 Å². The van der Waals surface area contributed by atoms with E-state index in [9.17, 15) is 5.11 Å². The molecule has 0 heterocycles. The van der Waals surface area contributed by atoms with E-state index in [0.29, 0.717) is 11.8 Å². The Labute approximate surface area is 98.5 Å². The predicted octanol–water partition coefficient (Wildman–Crippen LogP) is 3.20. The normalized spacial score (nSPS) is 29.6. The van der Waals surface area contributed by atoms with E-state index >= 15 is 0 Å². The molecule has 88 valence electrons. The summed E-state index contributed by atoms with van der Waals surface area (Å²) >= 11 is 0. The highest BCUT2D eigenvalue weighted by atomic mass is 16.3. The summed E-state index contributed by atoms with van der Waals surface area (Å²) in [4.78, 5) is 0. The van der Waals surface area contributed by atoms with Crippen molar-refractivity contribution >= 4 is 0 Å². The largest absolute Gasteiger partial charge is 0.393 e. The van der Waals surface area contributed by atoms with Gasteiger partial charge in [-0.05, 0) is 48.6 Å². The molecule has 1 aromatic carbocycles. The van der Waals surface area contributed by atoms with Crippen LogP contribution in [0.25, 0.3) is 0 Å². The van der Waals surface area contributed by atoms with Gasteiger partial charge in [-0.2, -0.15) is 0 Å². The highest BCUT2D eigenvalue weighted by molar-refractivity contribution is 5.23. The van der Waals surface area contributed by atoms with Crippen molar-refractivity contribution in [3.8, 4) is 0 Å². The summed E-state index contributed by atoms with van der Waals surface area (Å²) in [5, 5.41) is 9.73. The minimum Gasteiger partial charge on any atom is -0.393 e. The molecule has 1 N–H and O–H groups in total. The van der Waals surface area contributed by atoms with Gasteiger partial charge in [-0.15, -0.1) is 0 Å². The average Bonchev–Trinajstić information content (AvgIpc) is 2.62. The van der Waals surface area contributed by atoms with Gasteiger partial charge in [0, 0.05) is 0 Å². The third-order valence-electron chi connectivity index (χ3n) is 4.11. The molecule has 1 aliphatic rings. The van der Waals surface area contributed by atoms with Crippen molar-refractivity contribution < 1.29 is 5.11 Å². The van der Waals surface area contributed by atoms with E-state index in [2.05, 4.69) is 38.1 Å². The standard InChI is InChI=1S/C15H22O/c1-3-12-4-6-13(7-5-12)10-14-8-9-15(16)11(14)2/h4-7,11,14-16H,3,8-10H2,1-2H3. The van der Waals surface area contributed by atoms with Crippen LogP contribution in [0.15, 0.2) is 24.3 Å². The van der Waals surface area contributed by atoms with E-state index in [1.807, 2.05) is 0 Å². The van der Waals surface area contributed by atoms with Crippen molar-refractivity contribution in [1.29, 1.82) is 0 Å². The summed E-state index contributed by atoms with van der Waals surface area (Å²) in [6.07, 6.45) is 4.33. The fraction of sp³-hybridized carbons (Fsp3) is 0.600. The van der Waals surface area contributed by atoms with Crippen molar-refractivity contribution in [3.63, 3.8) is 0 Å². The lowest BCUT2D eigenvalue weighted by atomic mass is 9.90. The van der Waals surface area contributed by atoms with Gasteiger partial charge in [-0.25, -0.2) is 0 Å². The van der Waals surface area contributed by atoms with Gasteiger partial charge >= 0.3 is 0 Å². The van der Waals surface area contributed by atoms with Crippen LogP contribution in [0.5, 0.6) is 0 Å². The lowest BCUT2D eigenvalue weighted by Gasteiger charge is -2.17. The second kappa shape index (κ2) is 5.01. The first-order valence-electron chi connectivity index (χ1n) is 6.46. The van der Waals surface area contributed by atoms with Crippen molar-refractivity contribution in [3.05, 3.63) is 35.4 Å². The molecule has 1 heteroatoms. The van der Waals surface area contributed by atoms with Crippen LogP contribution in [-0.2, 0) is 12.8 Å². The molecule has 0 aliphatic heterocycles. The quantitative estimate of drug-likeness (QED) is 0.826. The fourth-order valence-electron chi connectivity index (χ4n) is 2.73. The molecule has 0 saturated heterocycles. The summed E-state index contributed by atoms with van der Waals surface area (Å²) in [7, 11) is 0. The fourth-order valence-corrected chi connectivity index (χ4v) is 2.73. The van der Waals surface area contributed by atoms with Crippen LogP contribution in [0.3, 0.4) is 0 Å². The molecule has 2 rings (SSSR count). The Hall–Kier alpha value is -0.820. The smallest absolute Gasteiger partial charge is 0.0568 e. The number of rotatable bonds is 3. The van der Waals surface area contributed by atoms with E-state index in [-0.39, 0.29) is 6.10 Å². The highest BCUT2D eigenvalue weighted by Crippen LogP contribution is 2.34. The zero-order valence-corrected chi connectivity index (χ0v) is 10.3. The van der Waals surface area contributed by atoms with Crippen molar-refractivity contribution in [2.75, 3.05) is 0 Å². The van der Waals surface area contributed by atoms with Crippen molar-refractivity contribution in [2.24, 2.45) is 11.8 Å². The lowest BCUT2D eigenvalue weighted by molar-refractivity contribution is 0.127. The molecule has 0 amide bonds. The number of aliphatic hydroxyl groups is 1. The van der Waals surface area contributed by atoms with E-state index in [0.717, 1.165) is 19.3 Å². The van der Waals surface area contributed by atoms with Crippen molar-refractivity contribution in [1.82, 2.24) is 0 Å². The Balaban J connectivity index is 1.98. The predicted molar refractivity (Wildman–Crippen MR) is 67.4 cm³/mol.